The Morgan fingerprint density at radius 2 is 1.97 bits per heavy atom. The fraction of sp³-hybridized carbons (Fsp3) is 0.333. The second-order valence-corrected chi connectivity index (χ2v) is 8.27. The van der Waals surface area contributed by atoms with E-state index in [0.29, 0.717) is 25.0 Å². The number of anilines is 1. The van der Waals surface area contributed by atoms with Gasteiger partial charge in [-0.2, -0.15) is 5.10 Å². The quantitative estimate of drug-likeness (QED) is 0.503. The zero-order valence-corrected chi connectivity index (χ0v) is 17.5. The summed E-state index contributed by atoms with van der Waals surface area (Å²) in [5, 5.41) is 6.53. The number of carbonyl (C=O) groups excluding carboxylic acids is 1. The largest absolute Gasteiger partial charge is 0.353 e. The van der Waals surface area contributed by atoms with Crippen molar-refractivity contribution in [3.05, 3.63) is 58.1 Å². The van der Waals surface area contributed by atoms with Crippen LogP contribution in [0.3, 0.4) is 0 Å². The SMILES string of the molecule is CCc1nn(CC(=O)N2CCN(c3ccccn3)CC2)c(=O)c2cc3sccc3n12. The minimum Gasteiger partial charge on any atom is -0.353 e. The highest BCUT2D eigenvalue weighted by atomic mass is 32.1. The highest BCUT2D eigenvalue weighted by Crippen LogP contribution is 2.24. The van der Waals surface area contributed by atoms with Gasteiger partial charge in [-0.05, 0) is 29.6 Å². The monoisotopic (exact) mass is 422 g/mol. The summed E-state index contributed by atoms with van der Waals surface area (Å²) in [6.45, 7) is 4.62. The van der Waals surface area contributed by atoms with E-state index in [9.17, 15) is 9.59 Å². The summed E-state index contributed by atoms with van der Waals surface area (Å²) in [6, 6.07) is 9.74. The molecular formula is C21H22N6O2S. The third-order valence-electron chi connectivity index (χ3n) is 5.58. The van der Waals surface area contributed by atoms with Gasteiger partial charge in [0.25, 0.3) is 5.56 Å². The van der Waals surface area contributed by atoms with Crippen LogP contribution in [0.15, 0.2) is 46.7 Å². The molecule has 5 rings (SSSR count). The second-order valence-electron chi connectivity index (χ2n) is 7.32. The molecule has 1 amide bonds. The Labute approximate surface area is 177 Å². The molecule has 0 radical (unpaired) electrons. The zero-order chi connectivity index (χ0) is 20.7. The molecule has 0 spiro atoms. The standard InChI is InChI=1S/C21H22N6O2S/c1-2-18-23-26(21(29)16-13-17-15(27(16)18)6-12-30-17)14-20(28)25-10-8-24(9-11-25)19-5-3-4-7-22-19/h3-7,12-13H,2,8-11,14H2,1H3. The van der Waals surface area contributed by atoms with E-state index in [1.165, 1.54) is 4.68 Å². The van der Waals surface area contributed by atoms with Crippen LogP contribution in [0.1, 0.15) is 12.7 Å². The molecule has 9 heteroatoms. The van der Waals surface area contributed by atoms with Gasteiger partial charge < -0.3 is 9.80 Å². The van der Waals surface area contributed by atoms with Crippen LogP contribution in [0.2, 0.25) is 0 Å². The summed E-state index contributed by atoms with van der Waals surface area (Å²) < 4.78 is 4.30. The number of fused-ring (bicyclic) bond motifs is 3. The van der Waals surface area contributed by atoms with E-state index in [2.05, 4.69) is 15.0 Å². The van der Waals surface area contributed by atoms with Gasteiger partial charge in [0.1, 0.15) is 23.7 Å². The molecule has 0 unspecified atom stereocenters. The summed E-state index contributed by atoms with van der Waals surface area (Å²) in [5.41, 5.74) is 1.35. The third kappa shape index (κ3) is 3.15. The fourth-order valence-electron chi connectivity index (χ4n) is 4.01. The smallest absolute Gasteiger partial charge is 0.291 e. The molecule has 0 bridgehead atoms. The lowest BCUT2D eigenvalue weighted by molar-refractivity contribution is -0.132. The average Bonchev–Trinajstić information content (AvgIpc) is 3.38. The van der Waals surface area contributed by atoms with Gasteiger partial charge in [-0.15, -0.1) is 11.3 Å². The molecule has 4 aromatic rings. The lowest BCUT2D eigenvalue weighted by atomic mass is 10.3. The predicted molar refractivity (Wildman–Crippen MR) is 117 cm³/mol. The number of thiophene rings is 1. The number of hydrogen-bond donors (Lipinski definition) is 0. The Balaban J connectivity index is 1.36. The summed E-state index contributed by atoms with van der Waals surface area (Å²) >= 11 is 1.60. The van der Waals surface area contributed by atoms with Crippen LogP contribution in [0, 0.1) is 0 Å². The number of hydrogen-bond acceptors (Lipinski definition) is 6. The summed E-state index contributed by atoms with van der Waals surface area (Å²) in [6.07, 6.45) is 2.45. The first-order chi connectivity index (χ1) is 14.7. The van der Waals surface area contributed by atoms with Crippen LogP contribution in [0.5, 0.6) is 0 Å². The minimum atomic E-state index is -0.226. The number of nitrogens with zero attached hydrogens (tertiary/aromatic N) is 6. The van der Waals surface area contributed by atoms with E-state index >= 15 is 0 Å². The van der Waals surface area contributed by atoms with Crippen LogP contribution in [-0.2, 0) is 17.8 Å². The third-order valence-corrected chi connectivity index (χ3v) is 6.43. The van der Waals surface area contributed by atoms with Gasteiger partial charge in [0.05, 0.1) is 10.2 Å². The Kier molecular flexibility index (Phi) is 4.74. The van der Waals surface area contributed by atoms with Crippen molar-refractivity contribution in [2.75, 3.05) is 31.1 Å². The highest BCUT2D eigenvalue weighted by Gasteiger charge is 2.23. The Bertz CT molecular complexity index is 1270. The molecule has 1 aliphatic heterocycles. The molecule has 1 fully saturated rings. The van der Waals surface area contributed by atoms with E-state index in [1.54, 1.807) is 22.4 Å². The van der Waals surface area contributed by atoms with Crippen LogP contribution in [0.25, 0.3) is 15.7 Å². The number of rotatable bonds is 4. The van der Waals surface area contributed by atoms with Crippen molar-refractivity contribution >= 4 is 38.8 Å². The molecule has 154 valence electrons. The van der Waals surface area contributed by atoms with E-state index in [-0.39, 0.29) is 18.0 Å². The molecule has 4 aromatic heterocycles. The number of aryl methyl sites for hydroxylation is 1. The van der Waals surface area contributed by atoms with Crippen molar-refractivity contribution in [1.82, 2.24) is 24.1 Å². The zero-order valence-electron chi connectivity index (χ0n) is 16.7. The Morgan fingerprint density at radius 1 is 1.13 bits per heavy atom. The molecule has 0 atom stereocenters. The summed E-state index contributed by atoms with van der Waals surface area (Å²) in [5.74, 6) is 1.63. The van der Waals surface area contributed by atoms with Crippen molar-refractivity contribution in [2.45, 2.75) is 19.9 Å². The topological polar surface area (TPSA) is 75.7 Å². The molecule has 0 saturated carbocycles. The average molecular weight is 423 g/mol. The van der Waals surface area contributed by atoms with Gasteiger partial charge in [0, 0.05) is 38.8 Å². The van der Waals surface area contributed by atoms with E-state index < -0.39 is 0 Å². The maximum atomic E-state index is 13.0. The van der Waals surface area contributed by atoms with Gasteiger partial charge in [0.15, 0.2) is 0 Å². The van der Waals surface area contributed by atoms with Crippen molar-refractivity contribution < 1.29 is 4.79 Å². The molecule has 0 aromatic carbocycles. The van der Waals surface area contributed by atoms with Crippen molar-refractivity contribution in [2.24, 2.45) is 0 Å². The minimum absolute atomic E-state index is 0.0370. The van der Waals surface area contributed by atoms with E-state index in [0.717, 1.165) is 34.9 Å². The molecule has 0 aliphatic carbocycles. The van der Waals surface area contributed by atoms with Crippen LogP contribution in [-0.4, -0.2) is 56.2 Å². The van der Waals surface area contributed by atoms with Crippen LogP contribution >= 0.6 is 11.3 Å². The fourth-order valence-corrected chi connectivity index (χ4v) is 4.82. The van der Waals surface area contributed by atoms with Gasteiger partial charge in [-0.1, -0.05) is 13.0 Å². The molecule has 30 heavy (non-hydrogen) atoms. The molecule has 1 aliphatic rings. The van der Waals surface area contributed by atoms with Crippen molar-refractivity contribution in [1.29, 1.82) is 0 Å². The first-order valence-corrected chi connectivity index (χ1v) is 11.0. The number of amides is 1. The summed E-state index contributed by atoms with van der Waals surface area (Å²) in [4.78, 5) is 34.3. The molecule has 5 heterocycles. The number of carbonyl (C=O) groups is 1. The predicted octanol–water partition coefficient (Wildman–Crippen LogP) is 2.02. The van der Waals surface area contributed by atoms with E-state index in [4.69, 9.17) is 0 Å². The first kappa shape index (κ1) is 18.8. The van der Waals surface area contributed by atoms with Gasteiger partial charge in [0.2, 0.25) is 5.91 Å². The van der Waals surface area contributed by atoms with Gasteiger partial charge >= 0.3 is 0 Å². The summed E-state index contributed by atoms with van der Waals surface area (Å²) in [7, 11) is 0. The second kappa shape index (κ2) is 7.56. The molecule has 1 saturated heterocycles. The normalized spacial score (nSPS) is 14.7. The highest BCUT2D eigenvalue weighted by molar-refractivity contribution is 7.17. The lowest BCUT2D eigenvalue weighted by Gasteiger charge is -2.35. The van der Waals surface area contributed by atoms with E-state index in [1.807, 2.05) is 47.0 Å². The number of aromatic nitrogens is 4. The van der Waals surface area contributed by atoms with Crippen LogP contribution < -0.4 is 10.5 Å². The van der Waals surface area contributed by atoms with Gasteiger partial charge in [-0.25, -0.2) is 9.67 Å². The Hall–Kier alpha value is -3.20. The van der Waals surface area contributed by atoms with Gasteiger partial charge in [-0.3, -0.25) is 14.0 Å². The molecule has 0 N–H and O–H groups in total. The number of piperazine rings is 1. The number of pyridine rings is 1. The maximum Gasteiger partial charge on any atom is 0.291 e. The molecular weight excluding hydrogens is 400 g/mol. The Morgan fingerprint density at radius 3 is 2.70 bits per heavy atom. The van der Waals surface area contributed by atoms with Crippen molar-refractivity contribution in [3.8, 4) is 0 Å². The molecule has 8 nitrogen and oxygen atoms in total. The maximum absolute atomic E-state index is 13.0. The van der Waals surface area contributed by atoms with Crippen LogP contribution in [0.4, 0.5) is 5.82 Å². The lowest BCUT2D eigenvalue weighted by Crippen LogP contribution is -2.50. The van der Waals surface area contributed by atoms with Crippen molar-refractivity contribution in [3.63, 3.8) is 0 Å². The first-order valence-electron chi connectivity index (χ1n) is 10.1.